The topological polar surface area (TPSA) is 41.6 Å². The zero-order chi connectivity index (χ0) is 13.9. The summed E-state index contributed by atoms with van der Waals surface area (Å²) in [6, 6.07) is 6.16. The Morgan fingerprint density at radius 2 is 2.16 bits per heavy atom. The second-order valence-corrected chi connectivity index (χ2v) is 5.04. The summed E-state index contributed by atoms with van der Waals surface area (Å²) in [5.41, 5.74) is 0.0807. The van der Waals surface area contributed by atoms with Gasteiger partial charge >= 0.3 is 0 Å². The van der Waals surface area contributed by atoms with Crippen LogP contribution in [-0.4, -0.2) is 43.2 Å². The molecule has 1 aromatic rings. The predicted molar refractivity (Wildman–Crippen MR) is 70.1 cm³/mol. The summed E-state index contributed by atoms with van der Waals surface area (Å²) in [7, 11) is 1.73. The van der Waals surface area contributed by atoms with Crippen LogP contribution < -0.4 is 5.32 Å². The first kappa shape index (κ1) is 14.0. The minimum atomic E-state index is -0.812. The number of hydrogen-bond donors (Lipinski definition) is 1. The van der Waals surface area contributed by atoms with E-state index in [1.54, 1.807) is 31.0 Å². The molecule has 1 amide bonds. The number of nitrogens with zero attached hydrogens (tertiary/aromatic N) is 1. The molecule has 0 aliphatic carbocycles. The molecule has 1 N–H and O–H groups in total. The van der Waals surface area contributed by atoms with Gasteiger partial charge in [-0.25, -0.2) is 4.39 Å². The minimum Gasteiger partial charge on any atom is -0.363 e. The van der Waals surface area contributed by atoms with Crippen molar-refractivity contribution in [1.29, 1.82) is 0 Å². The fourth-order valence-corrected chi connectivity index (χ4v) is 2.20. The Labute approximate surface area is 112 Å². The molecule has 0 saturated carbocycles. The maximum atomic E-state index is 12.8. The summed E-state index contributed by atoms with van der Waals surface area (Å²) in [4.78, 5) is 14.0. The van der Waals surface area contributed by atoms with Gasteiger partial charge in [0.05, 0.1) is 6.61 Å². The van der Waals surface area contributed by atoms with Crippen molar-refractivity contribution in [1.82, 2.24) is 10.2 Å². The number of nitrogens with one attached hydrogen (secondary N) is 1. The molecule has 4 nitrogen and oxygen atoms in total. The Hall–Kier alpha value is -1.46. The Morgan fingerprint density at radius 3 is 2.74 bits per heavy atom. The van der Waals surface area contributed by atoms with Gasteiger partial charge in [0.15, 0.2) is 5.60 Å². The molecule has 1 atom stereocenters. The zero-order valence-corrected chi connectivity index (χ0v) is 11.3. The highest BCUT2D eigenvalue weighted by Gasteiger charge is 2.38. The van der Waals surface area contributed by atoms with Crippen LogP contribution in [0.15, 0.2) is 24.3 Å². The first-order valence-electron chi connectivity index (χ1n) is 6.36. The standard InChI is InChI=1S/C14H19FN2O2/c1-14(10-16-7-8-19-14)13(18)17(2)9-11-3-5-12(15)6-4-11/h3-6,16H,7-10H2,1-2H3. The van der Waals surface area contributed by atoms with Crippen molar-refractivity contribution >= 4 is 5.91 Å². The van der Waals surface area contributed by atoms with Gasteiger partial charge in [-0.3, -0.25) is 4.79 Å². The van der Waals surface area contributed by atoms with Crippen LogP contribution in [0, 0.1) is 5.82 Å². The van der Waals surface area contributed by atoms with Crippen LogP contribution >= 0.6 is 0 Å². The summed E-state index contributed by atoms with van der Waals surface area (Å²) in [5.74, 6) is -0.339. The Morgan fingerprint density at radius 1 is 1.47 bits per heavy atom. The number of ether oxygens (including phenoxy) is 1. The molecule has 0 bridgehead atoms. The molecular weight excluding hydrogens is 247 g/mol. The number of carbonyl (C=O) groups is 1. The van der Waals surface area contributed by atoms with E-state index >= 15 is 0 Å². The van der Waals surface area contributed by atoms with Crippen molar-refractivity contribution in [2.45, 2.75) is 19.1 Å². The van der Waals surface area contributed by atoms with Crippen LogP contribution in [0.2, 0.25) is 0 Å². The SMILES string of the molecule is CN(Cc1ccc(F)cc1)C(=O)C1(C)CNCCO1. The van der Waals surface area contributed by atoms with Crippen LogP contribution in [0.1, 0.15) is 12.5 Å². The van der Waals surface area contributed by atoms with Crippen molar-refractivity contribution < 1.29 is 13.9 Å². The van der Waals surface area contributed by atoms with Crippen LogP contribution in [0.4, 0.5) is 4.39 Å². The van der Waals surface area contributed by atoms with Crippen LogP contribution in [0.25, 0.3) is 0 Å². The third-order valence-corrected chi connectivity index (χ3v) is 3.29. The van der Waals surface area contributed by atoms with Crippen molar-refractivity contribution in [3.63, 3.8) is 0 Å². The third-order valence-electron chi connectivity index (χ3n) is 3.29. The lowest BCUT2D eigenvalue weighted by Crippen LogP contribution is -2.57. The van der Waals surface area contributed by atoms with Gasteiger partial charge < -0.3 is 15.0 Å². The molecule has 1 unspecified atom stereocenters. The van der Waals surface area contributed by atoms with Crippen molar-refractivity contribution in [2.24, 2.45) is 0 Å². The zero-order valence-electron chi connectivity index (χ0n) is 11.3. The smallest absolute Gasteiger partial charge is 0.255 e. The number of halogens is 1. The quantitative estimate of drug-likeness (QED) is 0.892. The van der Waals surface area contributed by atoms with E-state index in [4.69, 9.17) is 4.74 Å². The number of rotatable bonds is 3. The molecule has 2 rings (SSSR count). The number of likely N-dealkylation sites (N-methyl/N-ethyl adjacent to an activating group) is 1. The fraction of sp³-hybridized carbons (Fsp3) is 0.500. The molecule has 1 fully saturated rings. The monoisotopic (exact) mass is 266 g/mol. The Bertz CT molecular complexity index is 441. The average molecular weight is 266 g/mol. The highest BCUT2D eigenvalue weighted by atomic mass is 19.1. The second-order valence-electron chi connectivity index (χ2n) is 5.04. The summed E-state index contributed by atoms with van der Waals surface area (Å²) in [5, 5.41) is 3.16. The molecule has 1 aliphatic heterocycles. The normalized spacial score (nSPS) is 23.1. The van der Waals surface area contributed by atoms with Gasteiger partial charge in [0.1, 0.15) is 5.82 Å². The predicted octanol–water partition coefficient (Wildman–Crippen LogP) is 1.16. The summed E-state index contributed by atoms with van der Waals surface area (Å²) < 4.78 is 18.4. The van der Waals surface area contributed by atoms with Gasteiger partial charge in [-0.05, 0) is 24.6 Å². The van der Waals surface area contributed by atoms with Gasteiger partial charge in [-0.15, -0.1) is 0 Å². The molecule has 1 aromatic carbocycles. The highest BCUT2D eigenvalue weighted by molar-refractivity contribution is 5.85. The van der Waals surface area contributed by atoms with E-state index in [0.717, 1.165) is 12.1 Å². The second kappa shape index (κ2) is 5.67. The number of carbonyl (C=O) groups excluding carboxylic acids is 1. The van der Waals surface area contributed by atoms with E-state index < -0.39 is 5.60 Å². The number of amides is 1. The third kappa shape index (κ3) is 3.30. The molecule has 1 heterocycles. The van der Waals surface area contributed by atoms with E-state index in [9.17, 15) is 9.18 Å². The number of benzene rings is 1. The lowest BCUT2D eigenvalue weighted by molar-refractivity contribution is -0.158. The van der Waals surface area contributed by atoms with Crippen molar-refractivity contribution in [3.05, 3.63) is 35.6 Å². The van der Waals surface area contributed by atoms with Crippen LogP contribution in [-0.2, 0) is 16.1 Å². The highest BCUT2D eigenvalue weighted by Crippen LogP contribution is 2.17. The van der Waals surface area contributed by atoms with Gasteiger partial charge in [-0.2, -0.15) is 0 Å². The largest absolute Gasteiger partial charge is 0.363 e. The molecule has 1 saturated heterocycles. The van der Waals surface area contributed by atoms with Crippen molar-refractivity contribution in [2.75, 3.05) is 26.7 Å². The molecule has 0 radical (unpaired) electrons. The maximum absolute atomic E-state index is 12.8. The van der Waals surface area contributed by atoms with Gasteiger partial charge in [0.2, 0.25) is 0 Å². The molecule has 0 spiro atoms. The van der Waals surface area contributed by atoms with Crippen LogP contribution in [0.5, 0.6) is 0 Å². The minimum absolute atomic E-state index is 0.0657. The Balaban J connectivity index is 2.00. The van der Waals surface area contributed by atoms with E-state index in [1.807, 2.05) is 0 Å². The van der Waals surface area contributed by atoms with E-state index in [0.29, 0.717) is 19.7 Å². The summed E-state index contributed by atoms with van der Waals surface area (Å²) in [6.45, 7) is 4.05. The first-order chi connectivity index (χ1) is 9.01. The molecule has 1 aliphatic rings. The molecule has 0 aromatic heterocycles. The van der Waals surface area contributed by atoms with E-state index in [1.165, 1.54) is 12.1 Å². The molecule has 104 valence electrons. The Kier molecular flexibility index (Phi) is 4.17. The van der Waals surface area contributed by atoms with Crippen LogP contribution in [0.3, 0.4) is 0 Å². The molecular formula is C14H19FN2O2. The summed E-state index contributed by atoms with van der Waals surface area (Å²) >= 11 is 0. The average Bonchev–Trinajstić information content (AvgIpc) is 2.41. The van der Waals surface area contributed by atoms with E-state index in [2.05, 4.69) is 5.32 Å². The number of morpholine rings is 1. The fourth-order valence-electron chi connectivity index (χ4n) is 2.20. The number of hydrogen-bond acceptors (Lipinski definition) is 3. The summed E-state index contributed by atoms with van der Waals surface area (Å²) in [6.07, 6.45) is 0. The van der Waals surface area contributed by atoms with Crippen molar-refractivity contribution in [3.8, 4) is 0 Å². The lowest BCUT2D eigenvalue weighted by Gasteiger charge is -2.36. The van der Waals surface area contributed by atoms with Gasteiger partial charge in [0.25, 0.3) is 5.91 Å². The van der Waals surface area contributed by atoms with E-state index in [-0.39, 0.29) is 11.7 Å². The molecule has 5 heteroatoms. The maximum Gasteiger partial charge on any atom is 0.255 e. The first-order valence-corrected chi connectivity index (χ1v) is 6.36. The van der Waals surface area contributed by atoms with Gasteiger partial charge in [0, 0.05) is 26.7 Å². The molecule has 19 heavy (non-hydrogen) atoms. The van der Waals surface area contributed by atoms with Gasteiger partial charge in [-0.1, -0.05) is 12.1 Å². The lowest BCUT2D eigenvalue weighted by atomic mass is 10.0.